The van der Waals surface area contributed by atoms with E-state index in [0.717, 1.165) is 44.9 Å². The fraction of sp³-hybridized carbons (Fsp3) is 0.591. The SMILES string of the molecule is CC(=O)O[Si](CCOc1ccc2c(c1)CO[Si](C)(C1CCCCC1)O2)(OC(C)=O)OC(C)=O. The van der Waals surface area contributed by atoms with Gasteiger partial charge in [0, 0.05) is 31.9 Å². The first-order valence-electron chi connectivity index (χ1n) is 11.3. The monoisotopic (exact) mass is 496 g/mol. The van der Waals surface area contributed by atoms with Crippen molar-refractivity contribution in [2.75, 3.05) is 6.61 Å². The van der Waals surface area contributed by atoms with Gasteiger partial charge in [0.1, 0.15) is 11.5 Å². The molecule has 1 aliphatic heterocycles. The highest BCUT2D eigenvalue weighted by Crippen LogP contribution is 2.42. The fourth-order valence-electron chi connectivity index (χ4n) is 4.32. The van der Waals surface area contributed by atoms with Crippen molar-refractivity contribution in [2.45, 2.75) is 77.6 Å². The van der Waals surface area contributed by atoms with Crippen LogP contribution < -0.4 is 9.16 Å². The molecule has 11 heteroatoms. The van der Waals surface area contributed by atoms with Crippen molar-refractivity contribution in [1.29, 1.82) is 0 Å². The Morgan fingerprint density at radius 1 is 1.00 bits per heavy atom. The minimum absolute atomic E-state index is 0.00903. The van der Waals surface area contributed by atoms with E-state index in [-0.39, 0.29) is 12.7 Å². The molecule has 1 aromatic rings. The molecule has 0 spiro atoms. The summed E-state index contributed by atoms with van der Waals surface area (Å²) < 4.78 is 34.0. The van der Waals surface area contributed by atoms with E-state index in [1.165, 1.54) is 19.3 Å². The van der Waals surface area contributed by atoms with Crippen molar-refractivity contribution in [1.82, 2.24) is 0 Å². The van der Waals surface area contributed by atoms with Crippen LogP contribution in [0.5, 0.6) is 11.5 Å². The number of carbonyl (C=O) groups is 3. The lowest BCUT2D eigenvalue weighted by molar-refractivity contribution is -0.147. The molecule has 1 fully saturated rings. The molecular weight excluding hydrogens is 464 g/mol. The molecule has 0 N–H and O–H groups in total. The van der Waals surface area contributed by atoms with Crippen molar-refractivity contribution in [2.24, 2.45) is 0 Å². The third kappa shape index (κ3) is 6.81. The summed E-state index contributed by atoms with van der Waals surface area (Å²) in [7, 11) is -6.21. The standard InChI is InChI=1S/C22H32O9Si2/c1-16(23)28-33(29-17(2)24,30-18(3)25)13-12-26-20-10-11-22-19(14-20)15-27-32(4,31-22)21-8-6-5-7-9-21/h10-11,14,21H,5-9,12-13,15H2,1-4H3. The Hall–Kier alpha value is -2.38. The van der Waals surface area contributed by atoms with Crippen molar-refractivity contribution >= 4 is 35.3 Å². The number of rotatable bonds is 8. The summed E-state index contributed by atoms with van der Waals surface area (Å²) in [6.45, 7) is 6.10. The van der Waals surface area contributed by atoms with E-state index in [2.05, 4.69) is 6.55 Å². The summed E-state index contributed by atoms with van der Waals surface area (Å²) in [5.41, 5.74) is 1.41. The first kappa shape index (κ1) is 25.3. The number of hydrogen-bond donors (Lipinski definition) is 0. The smallest absolute Gasteiger partial charge is 0.520 e. The van der Waals surface area contributed by atoms with Crippen LogP contribution in [0, 0.1) is 0 Å². The third-order valence-electron chi connectivity index (χ3n) is 5.78. The van der Waals surface area contributed by atoms with Gasteiger partial charge in [0.15, 0.2) is 0 Å². The van der Waals surface area contributed by atoms with E-state index in [1.54, 1.807) is 6.07 Å². The highest BCUT2D eigenvalue weighted by molar-refractivity contribution is 6.68. The van der Waals surface area contributed by atoms with Crippen molar-refractivity contribution < 1.29 is 41.3 Å². The molecule has 33 heavy (non-hydrogen) atoms. The highest BCUT2D eigenvalue weighted by atomic mass is 28.4. The maximum atomic E-state index is 11.5. The summed E-state index contributed by atoms with van der Waals surface area (Å²) in [5, 5.41) is 0. The van der Waals surface area contributed by atoms with Gasteiger partial charge in [-0.25, -0.2) is 0 Å². The van der Waals surface area contributed by atoms with Gasteiger partial charge in [0.2, 0.25) is 0 Å². The third-order valence-corrected chi connectivity index (χ3v) is 11.8. The topological polar surface area (TPSA) is 107 Å². The number of fused-ring (bicyclic) bond motifs is 1. The molecule has 0 radical (unpaired) electrons. The van der Waals surface area contributed by atoms with Crippen LogP contribution in [-0.2, 0) is 38.7 Å². The van der Waals surface area contributed by atoms with Crippen molar-refractivity contribution in [3.8, 4) is 11.5 Å². The molecular formula is C22H32O9Si2. The Balaban J connectivity index is 1.65. The van der Waals surface area contributed by atoms with Gasteiger partial charge in [-0.2, -0.15) is 0 Å². The first-order chi connectivity index (χ1) is 15.6. The van der Waals surface area contributed by atoms with Crippen LogP contribution in [0.15, 0.2) is 18.2 Å². The zero-order valence-corrected chi connectivity index (χ0v) is 21.6. The molecule has 182 valence electrons. The predicted molar refractivity (Wildman–Crippen MR) is 122 cm³/mol. The molecule has 1 saturated carbocycles. The Kier molecular flexibility index (Phi) is 8.19. The van der Waals surface area contributed by atoms with Crippen LogP contribution in [0.2, 0.25) is 18.1 Å². The van der Waals surface area contributed by atoms with E-state index in [0.29, 0.717) is 17.9 Å². The van der Waals surface area contributed by atoms with E-state index in [1.807, 2.05) is 12.1 Å². The van der Waals surface area contributed by atoms with Gasteiger partial charge < -0.3 is 26.9 Å². The van der Waals surface area contributed by atoms with Crippen LogP contribution >= 0.6 is 0 Å². The van der Waals surface area contributed by atoms with E-state index < -0.39 is 35.3 Å². The number of carbonyl (C=O) groups excluding carboxylic acids is 3. The zero-order chi connectivity index (χ0) is 24.1. The summed E-state index contributed by atoms with van der Waals surface area (Å²) in [4.78, 5) is 34.6. The molecule has 0 aromatic heterocycles. The Morgan fingerprint density at radius 2 is 1.61 bits per heavy atom. The first-order valence-corrected chi connectivity index (χ1v) is 15.6. The largest absolute Gasteiger partial charge is 0.708 e. The number of benzene rings is 1. The summed E-state index contributed by atoms with van der Waals surface area (Å²) in [6, 6.07) is 5.46. The van der Waals surface area contributed by atoms with Crippen LogP contribution in [0.3, 0.4) is 0 Å². The van der Waals surface area contributed by atoms with Gasteiger partial charge in [0.25, 0.3) is 17.9 Å². The lowest BCUT2D eigenvalue weighted by Crippen LogP contribution is -2.50. The normalized spacial score (nSPS) is 20.7. The number of hydrogen-bond acceptors (Lipinski definition) is 9. The van der Waals surface area contributed by atoms with Gasteiger partial charge in [-0.3, -0.25) is 14.4 Å². The van der Waals surface area contributed by atoms with Gasteiger partial charge in [-0.15, -0.1) is 0 Å². The summed E-state index contributed by atoms with van der Waals surface area (Å²) in [6.07, 6.45) is 6.08. The molecule has 1 heterocycles. The van der Waals surface area contributed by atoms with Gasteiger partial charge in [0.05, 0.1) is 19.3 Å². The molecule has 1 aromatic carbocycles. The second-order valence-electron chi connectivity index (χ2n) is 8.57. The number of ether oxygens (including phenoxy) is 1. The quantitative estimate of drug-likeness (QED) is 0.493. The average Bonchev–Trinajstić information content (AvgIpc) is 2.73. The molecule has 1 atom stereocenters. The molecule has 1 unspecified atom stereocenters. The molecule has 3 rings (SSSR count). The van der Waals surface area contributed by atoms with Gasteiger partial charge in [-0.1, -0.05) is 19.3 Å². The second-order valence-corrected chi connectivity index (χ2v) is 14.4. The Bertz CT molecular complexity index is 844. The van der Waals surface area contributed by atoms with Gasteiger partial charge >= 0.3 is 17.4 Å². The molecule has 1 aliphatic carbocycles. The van der Waals surface area contributed by atoms with E-state index in [9.17, 15) is 14.4 Å². The van der Waals surface area contributed by atoms with Crippen LogP contribution in [-0.4, -0.2) is 41.9 Å². The van der Waals surface area contributed by atoms with Crippen LogP contribution in [0.1, 0.15) is 58.4 Å². The predicted octanol–water partition coefficient (Wildman–Crippen LogP) is 4.01. The maximum Gasteiger partial charge on any atom is 0.708 e. The van der Waals surface area contributed by atoms with Gasteiger partial charge in [-0.05, 0) is 37.6 Å². The van der Waals surface area contributed by atoms with Crippen molar-refractivity contribution in [3.05, 3.63) is 23.8 Å². The summed E-state index contributed by atoms with van der Waals surface area (Å²) in [5.74, 6) is -0.746. The molecule has 9 nitrogen and oxygen atoms in total. The van der Waals surface area contributed by atoms with E-state index in [4.69, 9.17) is 26.9 Å². The molecule has 0 amide bonds. The minimum Gasteiger partial charge on any atom is -0.520 e. The molecule has 0 bridgehead atoms. The Labute approximate surface area is 196 Å². The molecule has 0 saturated heterocycles. The van der Waals surface area contributed by atoms with Crippen LogP contribution in [0.4, 0.5) is 0 Å². The fourth-order valence-corrected chi connectivity index (χ4v) is 9.41. The zero-order valence-electron chi connectivity index (χ0n) is 19.6. The maximum absolute atomic E-state index is 11.5. The van der Waals surface area contributed by atoms with Crippen molar-refractivity contribution in [3.63, 3.8) is 0 Å². The molecule has 2 aliphatic rings. The summed E-state index contributed by atoms with van der Waals surface area (Å²) >= 11 is 0. The second kappa shape index (κ2) is 10.7. The lowest BCUT2D eigenvalue weighted by atomic mass is 10.0. The lowest BCUT2D eigenvalue weighted by Gasteiger charge is -2.40. The minimum atomic E-state index is -3.92. The highest BCUT2D eigenvalue weighted by Gasteiger charge is 2.52. The van der Waals surface area contributed by atoms with Crippen LogP contribution in [0.25, 0.3) is 0 Å². The van der Waals surface area contributed by atoms with E-state index >= 15 is 0 Å². The average molecular weight is 497 g/mol. The Morgan fingerprint density at radius 3 is 2.18 bits per heavy atom.